The topological polar surface area (TPSA) is 56.5 Å². The molecule has 0 aliphatic rings. The molecule has 1 N–H and O–H groups in total. The molecule has 5 heteroatoms. The van der Waals surface area contributed by atoms with E-state index in [0.717, 1.165) is 23.7 Å². The van der Waals surface area contributed by atoms with Gasteiger partial charge in [0.2, 0.25) is 0 Å². The van der Waals surface area contributed by atoms with Crippen molar-refractivity contribution in [2.45, 2.75) is 27.0 Å². The van der Waals surface area contributed by atoms with Gasteiger partial charge in [-0.05, 0) is 25.6 Å². The molecule has 1 heterocycles. The Morgan fingerprint density at radius 1 is 1.15 bits per heavy atom. The van der Waals surface area contributed by atoms with Crippen LogP contribution >= 0.6 is 0 Å². The monoisotopic (exact) mass is 276 g/mol. The third-order valence-electron chi connectivity index (χ3n) is 2.66. The SMILES string of the molecule is CCNCc1cc(COc2cccc(OCC)c2)on1. The van der Waals surface area contributed by atoms with E-state index in [-0.39, 0.29) is 0 Å². The maximum Gasteiger partial charge on any atom is 0.174 e. The van der Waals surface area contributed by atoms with Crippen molar-refractivity contribution in [3.63, 3.8) is 0 Å². The molecule has 1 aromatic carbocycles. The first kappa shape index (κ1) is 14.4. The van der Waals surface area contributed by atoms with Gasteiger partial charge in [-0.15, -0.1) is 0 Å². The maximum absolute atomic E-state index is 5.66. The highest BCUT2D eigenvalue weighted by Gasteiger charge is 2.05. The first-order chi connectivity index (χ1) is 9.81. The Kier molecular flexibility index (Phi) is 5.43. The first-order valence-corrected chi connectivity index (χ1v) is 6.82. The fourth-order valence-corrected chi connectivity index (χ4v) is 1.74. The van der Waals surface area contributed by atoms with Gasteiger partial charge in [0.25, 0.3) is 0 Å². The van der Waals surface area contributed by atoms with E-state index in [2.05, 4.69) is 17.4 Å². The van der Waals surface area contributed by atoms with Gasteiger partial charge in [0, 0.05) is 18.7 Å². The van der Waals surface area contributed by atoms with Crippen LogP contribution in [0.5, 0.6) is 11.5 Å². The van der Waals surface area contributed by atoms with E-state index in [9.17, 15) is 0 Å². The van der Waals surface area contributed by atoms with E-state index >= 15 is 0 Å². The van der Waals surface area contributed by atoms with Gasteiger partial charge in [-0.2, -0.15) is 0 Å². The average molecular weight is 276 g/mol. The van der Waals surface area contributed by atoms with E-state index in [1.807, 2.05) is 37.3 Å². The zero-order valence-electron chi connectivity index (χ0n) is 11.9. The van der Waals surface area contributed by atoms with Crippen molar-refractivity contribution in [2.75, 3.05) is 13.2 Å². The Morgan fingerprint density at radius 2 is 1.95 bits per heavy atom. The van der Waals surface area contributed by atoms with E-state index < -0.39 is 0 Å². The highest BCUT2D eigenvalue weighted by Crippen LogP contribution is 2.20. The molecular formula is C15H20N2O3. The molecule has 0 aliphatic carbocycles. The first-order valence-electron chi connectivity index (χ1n) is 6.82. The molecule has 0 bridgehead atoms. The average Bonchev–Trinajstić information content (AvgIpc) is 2.92. The molecule has 5 nitrogen and oxygen atoms in total. The van der Waals surface area contributed by atoms with Crippen LogP contribution in [0.15, 0.2) is 34.9 Å². The summed E-state index contributed by atoms with van der Waals surface area (Å²) < 4.78 is 16.3. The zero-order valence-corrected chi connectivity index (χ0v) is 11.9. The minimum atomic E-state index is 0.356. The van der Waals surface area contributed by atoms with E-state index in [1.54, 1.807) is 0 Å². The lowest BCUT2D eigenvalue weighted by molar-refractivity contribution is 0.246. The number of hydrogen-bond donors (Lipinski definition) is 1. The lowest BCUT2D eigenvalue weighted by Crippen LogP contribution is -2.11. The van der Waals surface area contributed by atoms with Crippen LogP contribution in [-0.4, -0.2) is 18.3 Å². The second kappa shape index (κ2) is 7.55. The maximum atomic E-state index is 5.66. The summed E-state index contributed by atoms with van der Waals surface area (Å²) in [6.45, 7) is 6.61. The fourth-order valence-electron chi connectivity index (χ4n) is 1.74. The highest BCUT2D eigenvalue weighted by atomic mass is 16.5. The number of nitrogens with one attached hydrogen (secondary N) is 1. The molecule has 0 saturated heterocycles. The molecule has 0 aliphatic heterocycles. The van der Waals surface area contributed by atoms with Gasteiger partial charge >= 0.3 is 0 Å². The molecule has 0 radical (unpaired) electrons. The predicted molar refractivity (Wildman–Crippen MR) is 75.8 cm³/mol. The molecule has 0 saturated carbocycles. The lowest BCUT2D eigenvalue weighted by Gasteiger charge is -2.06. The Hall–Kier alpha value is -2.01. The Balaban J connectivity index is 1.88. The normalized spacial score (nSPS) is 10.5. The Labute approximate surface area is 118 Å². The highest BCUT2D eigenvalue weighted by molar-refractivity contribution is 5.33. The van der Waals surface area contributed by atoms with E-state index in [0.29, 0.717) is 25.5 Å². The quantitative estimate of drug-likeness (QED) is 0.803. The summed E-state index contributed by atoms with van der Waals surface area (Å²) in [5, 5.41) is 7.16. The van der Waals surface area contributed by atoms with Crippen LogP contribution in [0, 0.1) is 0 Å². The minimum Gasteiger partial charge on any atom is -0.494 e. The largest absolute Gasteiger partial charge is 0.494 e. The third kappa shape index (κ3) is 4.28. The molecule has 0 unspecified atom stereocenters. The van der Waals surface area contributed by atoms with Crippen LogP contribution in [0.4, 0.5) is 0 Å². The Bertz CT molecular complexity index is 525. The van der Waals surface area contributed by atoms with Gasteiger partial charge in [-0.1, -0.05) is 18.1 Å². The van der Waals surface area contributed by atoms with Gasteiger partial charge < -0.3 is 19.3 Å². The van der Waals surface area contributed by atoms with Crippen LogP contribution in [0.3, 0.4) is 0 Å². The van der Waals surface area contributed by atoms with Gasteiger partial charge in [0.15, 0.2) is 5.76 Å². The number of hydrogen-bond acceptors (Lipinski definition) is 5. The van der Waals surface area contributed by atoms with Crippen LogP contribution in [0.2, 0.25) is 0 Å². The minimum absolute atomic E-state index is 0.356. The summed E-state index contributed by atoms with van der Waals surface area (Å²) in [6.07, 6.45) is 0. The lowest BCUT2D eigenvalue weighted by atomic mass is 10.3. The number of nitrogens with zero attached hydrogens (tertiary/aromatic N) is 1. The second-order valence-corrected chi connectivity index (χ2v) is 4.26. The fraction of sp³-hybridized carbons (Fsp3) is 0.400. The van der Waals surface area contributed by atoms with Gasteiger partial charge in [-0.25, -0.2) is 0 Å². The molecule has 0 spiro atoms. The van der Waals surface area contributed by atoms with E-state index in [4.69, 9.17) is 14.0 Å². The van der Waals surface area contributed by atoms with Crippen molar-refractivity contribution in [1.82, 2.24) is 10.5 Å². The molecule has 108 valence electrons. The van der Waals surface area contributed by atoms with Gasteiger partial charge in [0.1, 0.15) is 18.1 Å². The molecule has 0 atom stereocenters. The number of aromatic nitrogens is 1. The number of ether oxygens (including phenoxy) is 2. The van der Waals surface area contributed by atoms with Crippen LogP contribution in [0.25, 0.3) is 0 Å². The number of rotatable bonds is 8. The second-order valence-electron chi connectivity index (χ2n) is 4.26. The summed E-state index contributed by atoms with van der Waals surface area (Å²) in [6, 6.07) is 9.45. The van der Waals surface area contributed by atoms with Crippen LogP contribution in [-0.2, 0) is 13.2 Å². The van der Waals surface area contributed by atoms with Crippen molar-refractivity contribution in [2.24, 2.45) is 0 Å². The molecule has 0 fully saturated rings. The molecule has 1 aromatic heterocycles. The summed E-state index contributed by atoms with van der Waals surface area (Å²) in [7, 11) is 0. The number of benzene rings is 1. The van der Waals surface area contributed by atoms with Crippen molar-refractivity contribution in [1.29, 1.82) is 0 Å². The van der Waals surface area contributed by atoms with E-state index in [1.165, 1.54) is 0 Å². The summed E-state index contributed by atoms with van der Waals surface area (Å²) in [4.78, 5) is 0. The molecule has 2 rings (SSSR count). The van der Waals surface area contributed by atoms with Crippen molar-refractivity contribution >= 4 is 0 Å². The van der Waals surface area contributed by atoms with Crippen molar-refractivity contribution in [3.8, 4) is 11.5 Å². The zero-order chi connectivity index (χ0) is 14.2. The summed E-state index contributed by atoms with van der Waals surface area (Å²) >= 11 is 0. The van der Waals surface area contributed by atoms with Crippen molar-refractivity contribution < 1.29 is 14.0 Å². The smallest absolute Gasteiger partial charge is 0.174 e. The molecule has 2 aromatic rings. The van der Waals surface area contributed by atoms with Gasteiger partial charge in [-0.3, -0.25) is 0 Å². The van der Waals surface area contributed by atoms with Crippen LogP contribution in [0.1, 0.15) is 25.3 Å². The van der Waals surface area contributed by atoms with Gasteiger partial charge in [0.05, 0.1) is 12.3 Å². The Morgan fingerprint density at radius 3 is 2.70 bits per heavy atom. The molecule has 20 heavy (non-hydrogen) atoms. The summed E-state index contributed by atoms with van der Waals surface area (Å²) in [5.74, 6) is 2.26. The molecule has 0 amide bonds. The standard InChI is InChI=1S/C15H20N2O3/c1-3-16-10-12-8-15(20-17-12)11-19-14-7-5-6-13(9-14)18-4-2/h5-9,16H,3-4,10-11H2,1-2H3. The third-order valence-corrected chi connectivity index (χ3v) is 2.66. The summed E-state index contributed by atoms with van der Waals surface area (Å²) in [5.41, 5.74) is 0.883. The van der Waals surface area contributed by atoms with Crippen molar-refractivity contribution in [3.05, 3.63) is 41.8 Å². The molecular weight excluding hydrogens is 256 g/mol. The predicted octanol–water partition coefficient (Wildman–Crippen LogP) is 2.76. The van der Waals surface area contributed by atoms with Crippen LogP contribution < -0.4 is 14.8 Å².